The molecule has 0 heterocycles. The summed E-state index contributed by atoms with van der Waals surface area (Å²) in [6, 6.07) is 0. The Bertz CT molecular complexity index is 177. The molecular formula is C9H17NO2. The van der Waals surface area contributed by atoms with Crippen LogP contribution in [0.25, 0.3) is 0 Å². The van der Waals surface area contributed by atoms with Crippen molar-refractivity contribution in [3.63, 3.8) is 0 Å². The molecule has 0 aromatic rings. The first-order valence-electron chi connectivity index (χ1n) is 4.11. The van der Waals surface area contributed by atoms with Crippen molar-refractivity contribution in [2.45, 2.75) is 26.7 Å². The minimum absolute atomic E-state index is 0.00597. The van der Waals surface area contributed by atoms with E-state index in [0.717, 1.165) is 6.29 Å². The lowest BCUT2D eigenvalue weighted by molar-refractivity contribution is -0.133. The average molecular weight is 171 g/mol. The molecule has 1 atom stereocenters. The van der Waals surface area contributed by atoms with Crippen LogP contribution in [0.3, 0.4) is 0 Å². The summed E-state index contributed by atoms with van der Waals surface area (Å²) in [5.41, 5.74) is -0.485. The fourth-order valence-electron chi connectivity index (χ4n) is 0.754. The van der Waals surface area contributed by atoms with Gasteiger partial charge < -0.3 is 9.69 Å². The first-order chi connectivity index (χ1) is 5.45. The summed E-state index contributed by atoms with van der Waals surface area (Å²) in [4.78, 5) is 23.4. The number of aldehydes is 1. The van der Waals surface area contributed by atoms with Crippen molar-refractivity contribution >= 4 is 12.2 Å². The number of rotatable bonds is 4. The zero-order valence-corrected chi connectivity index (χ0v) is 8.26. The van der Waals surface area contributed by atoms with E-state index < -0.39 is 5.41 Å². The Morgan fingerprint density at radius 1 is 1.50 bits per heavy atom. The van der Waals surface area contributed by atoms with Gasteiger partial charge in [0.2, 0.25) is 5.91 Å². The normalized spacial score (nSPS) is 15.0. The maximum atomic E-state index is 11.2. The molecule has 3 heteroatoms. The summed E-state index contributed by atoms with van der Waals surface area (Å²) in [6.45, 7) is 3.72. The van der Waals surface area contributed by atoms with Crippen molar-refractivity contribution in [3.05, 3.63) is 0 Å². The van der Waals surface area contributed by atoms with Crippen LogP contribution in [0.5, 0.6) is 0 Å². The quantitative estimate of drug-likeness (QED) is 0.593. The molecular weight excluding hydrogens is 154 g/mol. The third kappa shape index (κ3) is 3.03. The van der Waals surface area contributed by atoms with Gasteiger partial charge in [-0.2, -0.15) is 0 Å². The van der Waals surface area contributed by atoms with E-state index in [4.69, 9.17) is 0 Å². The van der Waals surface area contributed by atoms with E-state index in [1.54, 1.807) is 21.0 Å². The minimum Gasteiger partial charge on any atom is -0.349 e. The van der Waals surface area contributed by atoms with Crippen molar-refractivity contribution < 1.29 is 9.59 Å². The number of carbonyl (C=O) groups is 2. The molecule has 12 heavy (non-hydrogen) atoms. The molecule has 0 N–H and O–H groups in total. The molecule has 0 saturated carbocycles. The third-order valence-electron chi connectivity index (χ3n) is 2.15. The zero-order valence-electron chi connectivity index (χ0n) is 8.26. The van der Waals surface area contributed by atoms with Gasteiger partial charge >= 0.3 is 0 Å². The predicted molar refractivity (Wildman–Crippen MR) is 47.8 cm³/mol. The molecule has 70 valence electrons. The third-order valence-corrected chi connectivity index (χ3v) is 2.15. The molecule has 0 radical (unpaired) electrons. The SMILES string of the molecule is CCC(C)(C=O)CC(=O)N(C)C. The van der Waals surface area contributed by atoms with E-state index in [1.165, 1.54) is 4.90 Å². The van der Waals surface area contributed by atoms with Crippen molar-refractivity contribution in [1.29, 1.82) is 0 Å². The van der Waals surface area contributed by atoms with E-state index in [0.29, 0.717) is 12.8 Å². The molecule has 0 aromatic carbocycles. The molecule has 0 aliphatic carbocycles. The largest absolute Gasteiger partial charge is 0.349 e. The Kier molecular flexibility index (Phi) is 3.93. The molecule has 0 fully saturated rings. The van der Waals surface area contributed by atoms with Crippen LogP contribution in [0.1, 0.15) is 26.7 Å². The van der Waals surface area contributed by atoms with Gasteiger partial charge in [0, 0.05) is 25.9 Å². The summed E-state index contributed by atoms with van der Waals surface area (Å²) in [7, 11) is 3.40. The average Bonchev–Trinajstić information content (AvgIpc) is 2.04. The second-order valence-electron chi connectivity index (χ2n) is 3.59. The Hall–Kier alpha value is -0.860. The summed E-state index contributed by atoms with van der Waals surface area (Å²) in [5.74, 6) is 0.00597. The Morgan fingerprint density at radius 2 is 2.00 bits per heavy atom. The molecule has 0 aliphatic heterocycles. The standard InChI is InChI=1S/C9H17NO2/c1-5-9(2,7-11)6-8(12)10(3)4/h7H,5-6H2,1-4H3. The van der Waals surface area contributed by atoms with Gasteiger partial charge in [0.05, 0.1) is 0 Å². The van der Waals surface area contributed by atoms with Crippen LogP contribution in [-0.4, -0.2) is 31.2 Å². The maximum absolute atomic E-state index is 11.2. The summed E-state index contributed by atoms with van der Waals surface area (Å²) in [6.07, 6.45) is 1.88. The Morgan fingerprint density at radius 3 is 2.25 bits per heavy atom. The van der Waals surface area contributed by atoms with Gasteiger partial charge in [-0.3, -0.25) is 4.79 Å². The molecule has 1 amide bonds. The first-order valence-corrected chi connectivity index (χ1v) is 4.11. The monoisotopic (exact) mass is 171 g/mol. The molecule has 0 rings (SSSR count). The maximum Gasteiger partial charge on any atom is 0.223 e. The molecule has 0 aliphatic rings. The lowest BCUT2D eigenvalue weighted by Gasteiger charge is -2.22. The van der Waals surface area contributed by atoms with Gasteiger partial charge in [0.25, 0.3) is 0 Å². The molecule has 0 aromatic heterocycles. The van der Waals surface area contributed by atoms with Crippen LogP contribution < -0.4 is 0 Å². The van der Waals surface area contributed by atoms with Gasteiger partial charge in [0.15, 0.2) is 0 Å². The number of carbonyl (C=O) groups excluding carboxylic acids is 2. The topological polar surface area (TPSA) is 37.4 Å². The summed E-state index contributed by atoms with van der Waals surface area (Å²) in [5, 5.41) is 0. The van der Waals surface area contributed by atoms with Crippen LogP contribution in [-0.2, 0) is 9.59 Å². The zero-order chi connectivity index (χ0) is 9.78. The fraction of sp³-hybridized carbons (Fsp3) is 0.778. The van der Waals surface area contributed by atoms with Crippen LogP contribution in [0.15, 0.2) is 0 Å². The molecule has 0 spiro atoms. The summed E-state index contributed by atoms with van der Waals surface area (Å²) >= 11 is 0. The highest BCUT2D eigenvalue weighted by Crippen LogP contribution is 2.22. The Labute approximate surface area is 73.7 Å². The van der Waals surface area contributed by atoms with Gasteiger partial charge in [-0.25, -0.2) is 0 Å². The van der Waals surface area contributed by atoms with Gasteiger partial charge in [0.1, 0.15) is 6.29 Å². The van der Waals surface area contributed by atoms with Crippen LogP contribution in [0.4, 0.5) is 0 Å². The smallest absolute Gasteiger partial charge is 0.223 e. The number of nitrogens with zero attached hydrogens (tertiary/aromatic N) is 1. The van der Waals surface area contributed by atoms with Crippen molar-refractivity contribution in [2.75, 3.05) is 14.1 Å². The first kappa shape index (κ1) is 11.1. The van der Waals surface area contributed by atoms with E-state index >= 15 is 0 Å². The van der Waals surface area contributed by atoms with Crippen molar-refractivity contribution in [1.82, 2.24) is 4.90 Å². The highest BCUT2D eigenvalue weighted by Gasteiger charge is 2.25. The van der Waals surface area contributed by atoms with Crippen molar-refractivity contribution in [3.8, 4) is 0 Å². The van der Waals surface area contributed by atoms with Crippen LogP contribution in [0.2, 0.25) is 0 Å². The second kappa shape index (κ2) is 4.24. The van der Waals surface area contributed by atoms with E-state index in [1.807, 2.05) is 6.92 Å². The van der Waals surface area contributed by atoms with Gasteiger partial charge in [-0.1, -0.05) is 13.8 Å². The van der Waals surface area contributed by atoms with E-state index in [2.05, 4.69) is 0 Å². The molecule has 1 unspecified atom stereocenters. The lowest BCUT2D eigenvalue weighted by atomic mass is 9.85. The highest BCUT2D eigenvalue weighted by atomic mass is 16.2. The predicted octanol–water partition coefficient (Wildman–Crippen LogP) is 1.08. The van der Waals surface area contributed by atoms with E-state index in [9.17, 15) is 9.59 Å². The number of hydrogen-bond donors (Lipinski definition) is 0. The fourth-order valence-corrected chi connectivity index (χ4v) is 0.754. The van der Waals surface area contributed by atoms with Gasteiger partial charge in [-0.15, -0.1) is 0 Å². The highest BCUT2D eigenvalue weighted by molar-refractivity contribution is 5.80. The molecule has 0 saturated heterocycles. The minimum atomic E-state index is -0.485. The second-order valence-corrected chi connectivity index (χ2v) is 3.59. The Balaban J connectivity index is 4.21. The van der Waals surface area contributed by atoms with Crippen LogP contribution >= 0.6 is 0 Å². The van der Waals surface area contributed by atoms with Gasteiger partial charge in [-0.05, 0) is 6.42 Å². The van der Waals surface area contributed by atoms with E-state index in [-0.39, 0.29) is 5.91 Å². The lowest BCUT2D eigenvalue weighted by Crippen LogP contribution is -2.29. The van der Waals surface area contributed by atoms with Crippen molar-refractivity contribution in [2.24, 2.45) is 5.41 Å². The summed E-state index contributed by atoms with van der Waals surface area (Å²) < 4.78 is 0. The number of amides is 1. The number of hydrogen-bond acceptors (Lipinski definition) is 2. The molecule has 3 nitrogen and oxygen atoms in total. The van der Waals surface area contributed by atoms with Crippen LogP contribution in [0, 0.1) is 5.41 Å². The molecule has 0 bridgehead atoms.